The molecular formula is C17H21NO5. The zero-order chi connectivity index (χ0) is 16.7. The van der Waals surface area contributed by atoms with Crippen LogP contribution in [0.25, 0.3) is 0 Å². The van der Waals surface area contributed by atoms with Gasteiger partial charge < -0.3 is 23.9 Å². The first-order valence-electron chi connectivity index (χ1n) is 7.26. The van der Waals surface area contributed by atoms with E-state index in [1.165, 1.54) is 0 Å². The summed E-state index contributed by atoms with van der Waals surface area (Å²) in [4.78, 5) is 11.9. The van der Waals surface area contributed by atoms with Crippen molar-refractivity contribution in [2.75, 3.05) is 21.3 Å². The highest BCUT2D eigenvalue weighted by atomic mass is 16.5. The molecule has 23 heavy (non-hydrogen) atoms. The predicted molar refractivity (Wildman–Crippen MR) is 85.0 cm³/mol. The van der Waals surface area contributed by atoms with Gasteiger partial charge in [-0.3, -0.25) is 4.79 Å². The molecule has 2 aromatic rings. The quantitative estimate of drug-likeness (QED) is 0.810. The average molecular weight is 319 g/mol. The molecule has 2 rings (SSSR count). The third kappa shape index (κ3) is 4.42. The number of carbonyl (C=O) groups is 1. The maximum absolute atomic E-state index is 11.9. The number of carbonyl (C=O) groups excluding carboxylic acids is 1. The molecule has 1 aromatic carbocycles. The Kier molecular flexibility index (Phi) is 5.91. The minimum absolute atomic E-state index is 0.0572. The standard InChI is InChI=1S/C17H21NO5/c1-20-14-10-16(22-3)15(21-2)9-12(14)11-18-17(19)7-6-13-5-4-8-23-13/h4-5,8-10H,6-7,11H2,1-3H3,(H,18,19). The first-order valence-corrected chi connectivity index (χ1v) is 7.26. The van der Waals surface area contributed by atoms with Crippen LogP contribution >= 0.6 is 0 Å². The van der Waals surface area contributed by atoms with Gasteiger partial charge in [-0.05, 0) is 18.2 Å². The van der Waals surface area contributed by atoms with Crippen molar-refractivity contribution in [1.82, 2.24) is 5.32 Å². The molecule has 0 unspecified atom stereocenters. The summed E-state index contributed by atoms with van der Waals surface area (Å²) in [5.74, 6) is 2.54. The van der Waals surface area contributed by atoms with Gasteiger partial charge in [0.15, 0.2) is 11.5 Å². The highest BCUT2D eigenvalue weighted by molar-refractivity contribution is 5.76. The SMILES string of the molecule is COc1cc(OC)c(OC)cc1CNC(=O)CCc1ccco1. The lowest BCUT2D eigenvalue weighted by atomic mass is 10.1. The fourth-order valence-electron chi connectivity index (χ4n) is 2.20. The summed E-state index contributed by atoms with van der Waals surface area (Å²) in [6.07, 6.45) is 2.53. The third-order valence-electron chi connectivity index (χ3n) is 3.44. The van der Waals surface area contributed by atoms with Crippen molar-refractivity contribution >= 4 is 5.91 Å². The van der Waals surface area contributed by atoms with E-state index in [9.17, 15) is 4.79 Å². The van der Waals surface area contributed by atoms with Gasteiger partial charge in [0.1, 0.15) is 11.5 Å². The molecule has 124 valence electrons. The molecule has 0 aliphatic rings. The molecule has 1 heterocycles. The lowest BCUT2D eigenvalue weighted by Gasteiger charge is -2.14. The molecule has 1 N–H and O–H groups in total. The van der Waals surface area contributed by atoms with Gasteiger partial charge in [0.25, 0.3) is 0 Å². The van der Waals surface area contributed by atoms with Crippen molar-refractivity contribution in [3.8, 4) is 17.2 Å². The smallest absolute Gasteiger partial charge is 0.220 e. The second kappa shape index (κ2) is 8.12. The Labute approximate surface area is 135 Å². The highest BCUT2D eigenvalue weighted by Crippen LogP contribution is 2.34. The zero-order valence-corrected chi connectivity index (χ0v) is 13.5. The Morgan fingerprint density at radius 1 is 1.09 bits per heavy atom. The molecule has 0 aliphatic heterocycles. The first-order chi connectivity index (χ1) is 11.2. The third-order valence-corrected chi connectivity index (χ3v) is 3.44. The highest BCUT2D eigenvalue weighted by Gasteiger charge is 2.13. The molecule has 0 bridgehead atoms. The topological polar surface area (TPSA) is 69.9 Å². The number of benzene rings is 1. The van der Waals surface area contributed by atoms with Crippen LogP contribution in [-0.4, -0.2) is 27.2 Å². The molecule has 0 atom stereocenters. The minimum atomic E-state index is -0.0572. The number of nitrogens with one attached hydrogen (secondary N) is 1. The monoisotopic (exact) mass is 319 g/mol. The minimum Gasteiger partial charge on any atom is -0.496 e. The summed E-state index contributed by atoms with van der Waals surface area (Å²) >= 11 is 0. The molecular weight excluding hydrogens is 298 g/mol. The van der Waals surface area contributed by atoms with Crippen LogP contribution in [0.15, 0.2) is 34.9 Å². The lowest BCUT2D eigenvalue weighted by Crippen LogP contribution is -2.23. The lowest BCUT2D eigenvalue weighted by molar-refractivity contribution is -0.121. The van der Waals surface area contributed by atoms with Crippen LogP contribution in [-0.2, 0) is 17.8 Å². The summed E-state index contributed by atoms with van der Waals surface area (Å²) in [6, 6.07) is 7.19. The van der Waals surface area contributed by atoms with E-state index < -0.39 is 0 Å². The van der Waals surface area contributed by atoms with E-state index in [1.807, 2.05) is 12.1 Å². The Morgan fingerprint density at radius 2 is 1.78 bits per heavy atom. The molecule has 0 spiro atoms. The van der Waals surface area contributed by atoms with E-state index >= 15 is 0 Å². The maximum Gasteiger partial charge on any atom is 0.220 e. The molecule has 0 fully saturated rings. The number of furan rings is 1. The van der Waals surface area contributed by atoms with Crippen LogP contribution in [0.1, 0.15) is 17.7 Å². The van der Waals surface area contributed by atoms with E-state index in [1.54, 1.807) is 39.7 Å². The zero-order valence-electron chi connectivity index (χ0n) is 13.5. The first kappa shape index (κ1) is 16.7. The van der Waals surface area contributed by atoms with Gasteiger partial charge in [-0.15, -0.1) is 0 Å². The van der Waals surface area contributed by atoms with Crippen LogP contribution in [0.5, 0.6) is 17.2 Å². The largest absolute Gasteiger partial charge is 0.496 e. The Balaban J connectivity index is 1.97. The van der Waals surface area contributed by atoms with Crippen molar-refractivity contribution in [2.45, 2.75) is 19.4 Å². The van der Waals surface area contributed by atoms with Crippen LogP contribution < -0.4 is 19.5 Å². The Morgan fingerprint density at radius 3 is 2.39 bits per heavy atom. The normalized spacial score (nSPS) is 10.2. The number of amides is 1. The van der Waals surface area contributed by atoms with E-state index in [0.717, 1.165) is 11.3 Å². The van der Waals surface area contributed by atoms with E-state index in [2.05, 4.69) is 5.32 Å². The van der Waals surface area contributed by atoms with Gasteiger partial charge in [-0.2, -0.15) is 0 Å². The van der Waals surface area contributed by atoms with Crippen molar-refractivity contribution in [1.29, 1.82) is 0 Å². The van der Waals surface area contributed by atoms with Crippen LogP contribution in [0.4, 0.5) is 0 Å². The van der Waals surface area contributed by atoms with E-state index in [-0.39, 0.29) is 5.91 Å². The van der Waals surface area contributed by atoms with Crippen molar-refractivity contribution in [2.24, 2.45) is 0 Å². The molecule has 0 saturated heterocycles. The number of rotatable bonds is 8. The van der Waals surface area contributed by atoms with Crippen molar-refractivity contribution in [3.05, 3.63) is 41.9 Å². The number of aryl methyl sites for hydroxylation is 1. The summed E-state index contributed by atoms with van der Waals surface area (Å²) in [5, 5.41) is 2.87. The molecule has 6 nitrogen and oxygen atoms in total. The number of hydrogen-bond acceptors (Lipinski definition) is 5. The van der Waals surface area contributed by atoms with Gasteiger partial charge >= 0.3 is 0 Å². The average Bonchev–Trinajstić information content (AvgIpc) is 3.10. The van der Waals surface area contributed by atoms with Crippen LogP contribution in [0.2, 0.25) is 0 Å². The van der Waals surface area contributed by atoms with Crippen LogP contribution in [0.3, 0.4) is 0 Å². The predicted octanol–water partition coefficient (Wildman–Crippen LogP) is 2.55. The molecule has 0 saturated carbocycles. The molecule has 6 heteroatoms. The molecule has 0 radical (unpaired) electrons. The Hall–Kier alpha value is -2.63. The Bertz CT molecular complexity index is 637. The van der Waals surface area contributed by atoms with Gasteiger partial charge in [0.05, 0.1) is 27.6 Å². The van der Waals surface area contributed by atoms with Gasteiger partial charge in [-0.25, -0.2) is 0 Å². The summed E-state index contributed by atoms with van der Waals surface area (Å²) < 4.78 is 21.1. The molecule has 0 aliphatic carbocycles. The second-order valence-corrected chi connectivity index (χ2v) is 4.88. The van der Waals surface area contributed by atoms with Gasteiger partial charge in [0, 0.05) is 31.0 Å². The fourth-order valence-corrected chi connectivity index (χ4v) is 2.20. The van der Waals surface area contributed by atoms with Crippen molar-refractivity contribution < 1.29 is 23.4 Å². The fraction of sp³-hybridized carbons (Fsp3) is 0.353. The molecule has 1 amide bonds. The van der Waals surface area contributed by atoms with Crippen molar-refractivity contribution in [3.63, 3.8) is 0 Å². The van der Waals surface area contributed by atoms with Gasteiger partial charge in [0.2, 0.25) is 5.91 Å². The second-order valence-electron chi connectivity index (χ2n) is 4.88. The molecule has 1 aromatic heterocycles. The van der Waals surface area contributed by atoms with Gasteiger partial charge in [-0.1, -0.05) is 0 Å². The summed E-state index contributed by atoms with van der Waals surface area (Å²) in [6.45, 7) is 0.348. The number of methoxy groups -OCH3 is 3. The van der Waals surface area contributed by atoms with Crippen LogP contribution in [0, 0.1) is 0 Å². The maximum atomic E-state index is 11.9. The number of hydrogen-bond donors (Lipinski definition) is 1. The summed E-state index contributed by atoms with van der Waals surface area (Å²) in [5.41, 5.74) is 0.816. The van der Waals surface area contributed by atoms with E-state index in [4.69, 9.17) is 18.6 Å². The van der Waals surface area contributed by atoms with E-state index in [0.29, 0.717) is 36.6 Å². The summed E-state index contributed by atoms with van der Waals surface area (Å²) in [7, 11) is 4.70. The number of ether oxygens (including phenoxy) is 3.